The number of pyridine rings is 1. The fraction of sp³-hybridized carbons (Fsp3) is 0.381. The lowest BCUT2D eigenvalue weighted by Crippen LogP contribution is -2.42. The van der Waals surface area contributed by atoms with Crippen LogP contribution in [-0.4, -0.2) is 34.7 Å². The number of aromatic nitrogens is 1. The number of benzene rings is 1. The Labute approximate surface area is 161 Å². The van der Waals surface area contributed by atoms with Crippen LogP contribution in [0.2, 0.25) is 0 Å². The molecule has 0 aliphatic carbocycles. The summed E-state index contributed by atoms with van der Waals surface area (Å²) in [6.07, 6.45) is -0.783. The first-order chi connectivity index (χ1) is 13.3. The van der Waals surface area contributed by atoms with Crippen LogP contribution >= 0.6 is 0 Å². The second kappa shape index (κ2) is 8.54. The van der Waals surface area contributed by atoms with Crippen molar-refractivity contribution >= 4 is 11.7 Å². The molecule has 3 rings (SSSR count). The minimum absolute atomic E-state index is 0.0441. The van der Waals surface area contributed by atoms with Gasteiger partial charge in [-0.1, -0.05) is 18.2 Å². The van der Waals surface area contributed by atoms with Gasteiger partial charge in [0.05, 0.1) is 5.56 Å². The van der Waals surface area contributed by atoms with Crippen molar-refractivity contribution in [2.45, 2.75) is 31.9 Å². The van der Waals surface area contributed by atoms with Gasteiger partial charge in [0, 0.05) is 42.9 Å². The molecule has 2 heterocycles. The van der Waals surface area contributed by atoms with Gasteiger partial charge < -0.3 is 4.90 Å². The molecule has 0 unspecified atom stereocenters. The highest BCUT2D eigenvalue weighted by Crippen LogP contribution is 2.30. The number of likely N-dealkylation sites (tertiary alicyclic amines) is 1. The average molecular weight is 390 g/mol. The van der Waals surface area contributed by atoms with Gasteiger partial charge in [-0.15, -0.1) is 0 Å². The molecule has 2 aromatic rings. The van der Waals surface area contributed by atoms with Crippen LogP contribution < -0.4 is 0 Å². The molecule has 0 bridgehead atoms. The zero-order valence-corrected chi connectivity index (χ0v) is 15.3. The van der Waals surface area contributed by atoms with Gasteiger partial charge in [0.2, 0.25) is 5.91 Å². The van der Waals surface area contributed by atoms with E-state index < -0.39 is 17.7 Å². The van der Waals surface area contributed by atoms with Crippen LogP contribution in [0.3, 0.4) is 0 Å². The Morgan fingerprint density at radius 2 is 1.96 bits per heavy atom. The lowest BCUT2D eigenvalue weighted by Gasteiger charge is -2.32. The minimum atomic E-state index is -4.49. The maximum Gasteiger partial charge on any atom is 0.416 e. The summed E-state index contributed by atoms with van der Waals surface area (Å²) in [5.74, 6) is -0.878. The van der Waals surface area contributed by atoms with Gasteiger partial charge in [0.25, 0.3) is 0 Å². The zero-order chi connectivity index (χ0) is 20.1. The van der Waals surface area contributed by atoms with Gasteiger partial charge in [0.1, 0.15) is 0 Å². The highest BCUT2D eigenvalue weighted by molar-refractivity contribution is 5.98. The Bertz CT molecular complexity index is 837. The SMILES string of the molecule is O=C(c1cccc(C(F)(F)F)c1)[C@H]1CCCN(C(=O)CCc2ccccn2)C1. The van der Waals surface area contributed by atoms with E-state index in [4.69, 9.17) is 0 Å². The maximum atomic E-state index is 12.9. The molecule has 1 amide bonds. The number of Topliss-reactive ketones (excluding diaryl/α,β-unsaturated/α-hetero) is 1. The van der Waals surface area contributed by atoms with Gasteiger partial charge in [-0.25, -0.2) is 0 Å². The summed E-state index contributed by atoms with van der Waals surface area (Å²) >= 11 is 0. The molecule has 1 saturated heterocycles. The molecule has 1 atom stereocenters. The van der Waals surface area contributed by atoms with E-state index in [-0.39, 0.29) is 23.8 Å². The van der Waals surface area contributed by atoms with E-state index in [1.807, 2.05) is 12.1 Å². The Morgan fingerprint density at radius 1 is 1.14 bits per heavy atom. The lowest BCUT2D eigenvalue weighted by atomic mass is 9.89. The summed E-state index contributed by atoms with van der Waals surface area (Å²) in [5, 5.41) is 0. The highest BCUT2D eigenvalue weighted by atomic mass is 19.4. The average Bonchev–Trinajstić information content (AvgIpc) is 2.72. The van der Waals surface area contributed by atoms with E-state index in [0.29, 0.717) is 32.2 Å². The summed E-state index contributed by atoms with van der Waals surface area (Å²) in [4.78, 5) is 31.0. The van der Waals surface area contributed by atoms with Crippen molar-refractivity contribution in [3.63, 3.8) is 0 Å². The quantitative estimate of drug-likeness (QED) is 0.721. The topological polar surface area (TPSA) is 50.3 Å². The Balaban J connectivity index is 1.62. The number of hydrogen-bond donors (Lipinski definition) is 0. The number of ketones is 1. The fourth-order valence-corrected chi connectivity index (χ4v) is 3.44. The van der Waals surface area contributed by atoms with Crippen LogP contribution in [0.1, 0.15) is 40.9 Å². The third kappa shape index (κ3) is 4.97. The summed E-state index contributed by atoms with van der Waals surface area (Å²) in [5.41, 5.74) is 0.0320. The number of rotatable bonds is 5. The molecular weight excluding hydrogens is 369 g/mol. The third-order valence-electron chi connectivity index (χ3n) is 4.94. The molecule has 1 fully saturated rings. The van der Waals surface area contributed by atoms with Crippen molar-refractivity contribution in [2.75, 3.05) is 13.1 Å². The van der Waals surface area contributed by atoms with Crippen LogP contribution in [0.4, 0.5) is 13.2 Å². The number of carbonyl (C=O) groups excluding carboxylic acids is 2. The van der Waals surface area contributed by atoms with Crippen LogP contribution in [-0.2, 0) is 17.4 Å². The van der Waals surface area contributed by atoms with E-state index >= 15 is 0 Å². The maximum absolute atomic E-state index is 12.9. The molecule has 0 N–H and O–H groups in total. The molecular formula is C21H21F3N2O2. The first-order valence-corrected chi connectivity index (χ1v) is 9.24. The summed E-state index contributed by atoms with van der Waals surface area (Å²) in [6.45, 7) is 0.809. The van der Waals surface area contributed by atoms with Gasteiger partial charge in [-0.05, 0) is 43.5 Å². The lowest BCUT2D eigenvalue weighted by molar-refractivity contribution is -0.137. The zero-order valence-electron chi connectivity index (χ0n) is 15.3. The Morgan fingerprint density at radius 3 is 2.68 bits per heavy atom. The highest BCUT2D eigenvalue weighted by Gasteiger charge is 2.33. The summed E-state index contributed by atoms with van der Waals surface area (Å²) in [7, 11) is 0. The number of amides is 1. The van der Waals surface area contributed by atoms with E-state index in [1.54, 1.807) is 17.2 Å². The molecule has 148 valence electrons. The number of carbonyl (C=O) groups is 2. The number of aryl methyl sites for hydroxylation is 1. The summed E-state index contributed by atoms with van der Waals surface area (Å²) in [6, 6.07) is 10.0. The Hall–Kier alpha value is -2.70. The number of piperidine rings is 1. The minimum Gasteiger partial charge on any atom is -0.342 e. The van der Waals surface area contributed by atoms with Gasteiger partial charge in [-0.3, -0.25) is 14.6 Å². The number of hydrogen-bond acceptors (Lipinski definition) is 3. The molecule has 1 aliphatic rings. The fourth-order valence-electron chi connectivity index (χ4n) is 3.44. The third-order valence-corrected chi connectivity index (χ3v) is 4.94. The molecule has 7 heteroatoms. The second-order valence-corrected chi connectivity index (χ2v) is 6.94. The molecule has 1 aliphatic heterocycles. The molecule has 0 saturated carbocycles. The first-order valence-electron chi connectivity index (χ1n) is 9.24. The van der Waals surface area contributed by atoms with Crippen LogP contribution in [0, 0.1) is 5.92 Å². The van der Waals surface area contributed by atoms with Gasteiger partial charge in [0.15, 0.2) is 5.78 Å². The van der Waals surface area contributed by atoms with E-state index in [1.165, 1.54) is 12.1 Å². The smallest absolute Gasteiger partial charge is 0.342 e. The molecule has 0 radical (unpaired) electrons. The standard InChI is InChI=1S/C21H21F3N2O2/c22-21(23,24)17-7-3-5-15(13-17)20(28)16-6-4-12-26(14-16)19(27)10-9-18-8-1-2-11-25-18/h1-3,5,7-8,11,13,16H,4,6,9-10,12,14H2/t16-/m0/s1. The van der Waals surface area contributed by atoms with Crippen molar-refractivity contribution in [2.24, 2.45) is 5.92 Å². The van der Waals surface area contributed by atoms with E-state index in [0.717, 1.165) is 17.8 Å². The van der Waals surface area contributed by atoms with Crippen molar-refractivity contribution in [1.82, 2.24) is 9.88 Å². The Kier molecular flexibility index (Phi) is 6.11. The van der Waals surface area contributed by atoms with Crippen LogP contribution in [0.5, 0.6) is 0 Å². The monoisotopic (exact) mass is 390 g/mol. The largest absolute Gasteiger partial charge is 0.416 e. The molecule has 4 nitrogen and oxygen atoms in total. The second-order valence-electron chi connectivity index (χ2n) is 6.94. The van der Waals surface area contributed by atoms with Crippen molar-refractivity contribution < 1.29 is 22.8 Å². The van der Waals surface area contributed by atoms with Gasteiger partial charge >= 0.3 is 6.18 Å². The van der Waals surface area contributed by atoms with Crippen LogP contribution in [0.25, 0.3) is 0 Å². The van der Waals surface area contributed by atoms with E-state index in [2.05, 4.69) is 4.98 Å². The number of nitrogens with zero attached hydrogens (tertiary/aromatic N) is 2. The number of halogens is 3. The predicted octanol–water partition coefficient (Wildman–Crippen LogP) is 4.15. The van der Waals surface area contributed by atoms with Crippen molar-refractivity contribution in [3.05, 3.63) is 65.5 Å². The predicted molar refractivity (Wildman–Crippen MR) is 97.6 cm³/mol. The van der Waals surface area contributed by atoms with Crippen molar-refractivity contribution in [3.8, 4) is 0 Å². The molecule has 28 heavy (non-hydrogen) atoms. The first kappa shape index (κ1) is 20.0. The normalized spacial score (nSPS) is 17.4. The summed E-state index contributed by atoms with van der Waals surface area (Å²) < 4.78 is 38.7. The van der Waals surface area contributed by atoms with Gasteiger partial charge in [-0.2, -0.15) is 13.2 Å². The van der Waals surface area contributed by atoms with Crippen LogP contribution in [0.15, 0.2) is 48.7 Å². The molecule has 0 spiro atoms. The molecule has 1 aromatic carbocycles. The van der Waals surface area contributed by atoms with E-state index in [9.17, 15) is 22.8 Å². The van der Waals surface area contributed by atoms with Crippen molar-refractivity contribution in [1.29, 1.82) is 0 Å². The number of alkyl halides is 3. The molecule has 1 aromatic heterocycles.